The Morgan fingerprint density at radius 2 is 2.06 bits per heavy atom. The third-order valence-corrected chi connectivity index (χ3v) is 3.39. The normalized spacial score (nSPS) is 12.2. The van der Waals surface area contributed by atoms with Crippen molar-refractivity contribution in [2.75, 3.05) is 7.05 Å². The van der Waals surface area contributed by atoms with Gasteiger partial charge >= 0.3 is 0 Å². The van der Waals surface area contributed by atoms with Crippen LogP contribution in [0.3, 0.4) is 0 Å². The molecule has 4 nitrogen and oxygen atoms in total. The zero-order chi connectivity index (χ0) is 13.7. The maximum Gasteiger partial charge on any atom is 0.219 e. The highest BCUT2D eigenvalue weighted by atomic mass is 35.5. The van der Waals surface area contributed by atoms with Gasteiger partial charge in [-0.25, -0.2) is 0 Å². The van der Waals surface area contributed by atoms with Crippen LogP contribution in [0.4, 0.5) is 0 Å². The Labute approximate surface area is 116 Å². The van der Waals surface area contributed by atoms with Gasteiger partial charge in [0.1, 0.15) is 5.75 Å². The molecule has 1 atom stereocenters. The van der Waals surface area contributed by atoms with Crippen LogP contribution in [0.1, 0.15) is 30.9 Å². The van der Waals surface area contributed by atoms with Crippen LogP contribution in [0.15, 0.2) is 12.1 Å². The molecule has 0 heterocycles. The van der Waals surface area contributed by atoms with E-state index >= 15 is 0 Å². The lowest BCUT2D eigenvalue weighted by Crippen LogP contribution is -2.18. The quantitative estimate of drug-likeness (QED) is 0.780. The number of hydrogen-bond donors (Lipinski definition) is 3. The molecule has 0 aliphatic carbocycles. The molecule has 0 bridgehead atoms. The van der Waals surface area contributed by atoms with Crippen molar-refractivity contribution in [3.8, 4) is 5.75 Å². The molecule has 6 heteroatoms. The second kappa shape index (κ2) is 6.83. The summed E-state index contributed by atoms with van der Waals surface area (Å²) in [5.74, 6) is -0.00240. The molecule has 0 saturated carbocycles. The summed E-state index contributed by atoms with van der Waals surface area (Å²) in [6, 6.07) is 2.56. The van der Waals surface area contributed by atoms with Crippen LogP contribution in [-0.2, 0) is 4.79 Å². The van der Waals surface area contributed by atoms with Gasteiger partial charge in [-0.2, -0.15) is 0 Å². The monoisotopic (exact) mass is 290 g/mol. The first kappa shape index (κ1) is 15.1. The topological polar surface area (TPSA) is 75.4 Å². The molecule has 0 fully saturated rings. The highest BCUT2D eigenvalue weighted by molar-refractivity contribution is 6.42. The van der Waals surface area contributed by atoms with Crippen LogP contribution in [0, 0.1) is 0 Å². The molecule has 4 N–H and O–H groups in total. The molecule has 18 heavy (non-hydrogen) atoms. The van der Waals surface area contributed by atoms with Crippen molar-refractivity contribution in [2.45, 2.75) is 25.3 Å². The number of halogens is 2. The number of carbonyl (C=O) groups excluding carboxylic acids is 1. The number of aromatic hydroxyl groups is 1. The summed E-state index contributed by atoms with van der Waals surface area (Å²) in [6.07, 6.45) is 1.63. The fourth-order valence-corrected chi connectivity index (χ4v) is 1.94. The van der Waals surface area contributed by atoms with Gasteiger partial charge in [-0.05, 0) is 18.9 Å². The van der Waals surface area contributed by atoms with E-state index in [9.17, 15) is 9.90 Å². The first-order valence-electron chi connectivity index (χ1n) is 5.59. The number of amides is 1. The highest BCUT2D eigenvalue weighted by Crippen LogP contribution is 2.33. The average molecular weight is 291 g/mol. The summed E-state index contributed by atoms with van der Waals surface area (Å²) in [6.45, 7) is 0. The molecule has 1 amide bonds. The van der Waals surface area contributed by atoms with Crippen molar-refractivity contribution < 1.29 is 9.90 Å². The minimum Gasteiger partial charge on any atom is -0.508 e. The van der Waals surface area contributed by atoms with Crippen molar-refractivity contribution >= 4 is 29.1 Å². The van der Waals surface area contributed by atoms with Gasteiger partial charge in [0, 0.05) is 31.1 Å². The predicted octanol–water partition coefficient (Wildman–Crippen LogP) is 2.62. The Balaban J connectivity index is 2.64. The van der Waals surface area contributed by atoms with E-state index in [-0.39, 0.29) is 22.7 Å². The molecule has 0 saturated heterocycles. The fourth-order valence-electron chi connectivity index (χ4n) is 1.61. The number of nitrogens with two attached hydrogens (primary N) is 1. The summed E-state index contributed by atoms with van der Waals surface area (Å²) in [5, 5.41) is 12.9. The second-order valence-corrected chi connectivity index (χ2v) is 4.81. The van der Waals surface area contributed by atoms with E-state index in [4.69, 9.17) is 28.9 Å². The Morgan fingerprint density at radius 3 is 2.67 bits per heavy atom. The first-order valence-corrected chi connectivity index (χ1v) is 6.35. The molecule has 1 aromatic rings. The third kappa shape index (κ3) is 4.05. The van der Waals surface area contributed by atoms with E-state index < -0.39 is 0 Å². The standard InChI is InChI=1S/C12H16Cl2N2O2/c1-16-12(18)4-2-3-10(15)7-5-8(13)9(14)6-11(7)17/h5-6,10,17H,2-4,15H2,1H3,(H,16,18). The molecule has 0 radical (unpaired) electrons. The Morgan fingerprint density at radius 1 is 1.44 bits per heavy atom. The molecular formula is C12H16Cl2N2O2. The van der Waals surface area contributed by atoms with E-state index in [1.54, 1.807) is 13.1 Å². The van der Waals surface area contributed by atoms with Gasteiger partial charge in [-0.3, -0.25) is 4.79 Å². The predicted molar refractivity (Wildman–Crippen MR) is 73.0 cm³/mol. The molecule has 0 aliphatic rings. The van der Waals surface area contributed by atoms with E-state index in [2.05, 4.69) is 5.32 Å². The Kier molecular flexibility index (Phi) is 5.72. The van der Waals surface area contributed by atoms with Gasteiger partial charge in [0.05, 0.1) is 10.0 Å². The maximum absolute atomic E-state index is 11.1. The highest BCUT2D eigenvalue weighted by Gasteiger charge is 2.14. The van der Waals surface area contributed by atoms with Crippen LogP contribution >= 0.6 is 23.2 Å². The average Bonchev–Trinajstić information content (AvgIpc) is 2.33. The lowest BCUT2D eigenvalue weighted by Gasteiger charge is -2.14. The number of phenolic OH excluding ortho intramolecular Hbond substituents is 1. The summed E-state index contributed by atoms with van der Waals surface area (Å²) in [7, 11) is 1.59. The summed E-state index contributed by atoms with van der Waals surface area (Å²) in [5.41, 5.74) is 6.49. The van der Waals surface area contributed by atoms with Gasteiger partial charge < -0.3 is 16.2 Å². The number of phenols is 1. The SMILES string of the molecule is CNC(=O)CCCC(N)c1cc(Cl)c(Cl)cc1O. The molecule has 0 spiro atoms. The van der Waals surface area contributed by atoms with Crippen molar-refractivity contribution in [1.82, 2.24) is 5.32 Å². The number of carbonyl (C=O) groups is 1. The lowest BCUT2D eigenvalue weighted by molar-refractivity contribution is -0.120. The van der Waals surface area contributed by atoms with Crippen molar-refractivity contribution in [3.05, 3.63) is 27.7 Å². The molecule has 0 aliphatic heterocycles. The van der Waals surface area contributed by atoms with Crippen molar-refractivity contribution in [2.24, 2.45) is 5.73 Å². The first-order chi connectivity index (χ1) is 8.45. The van der Waals surface area contributed by atoms with Crippen LogP contribution in [0.5, 0.6) is 5.75 Å². The minimum atomic E-state index is -0.371. The van der Waals surface area contributed by atoms with Gasteiger partial charge in [-0.1, -0.05) is 23.2 Å². The molecule has 1 rings (SSSR count). The lowest BCUT2D eigenvalue weighted by atomic mass is 10.0. The summed E-state index contributed by atoms with van der Waals surface area (Å²) >= 11 is 11.6. The van der Waals surface area contributed by atoms with Crippen LogP contribution in [0.25, 0.3) is 0 Å². The van der Waals surface area contributed by atoms with E-state index in [0.29, 0.717) is 29.8 Å². The van der Waals surface area contributed by atoms with Gasteiger partial charge in [0.15, 0.2) is 0 Å². The van der Waals surface area contributed by atoms with Crippen molar-refractivity contribution in [1.29, 1.82) is 0 Å². The van der Waals surface area contributed by atoms with Crippen LogP contribution < -0.4 is 11.1 Å². The molecule has 1 unspecified atom stereocenters. The minimum absolute atomic E-state index is 0.0249. The molecule has 0 aromatic heterocycles. The molecular weight excluding hydrogens is 275 g/mol. The summed E-state index contributed by atoms with van der Waals surface area (Å²) in [4.78, 5) is 11.1. The zero-order valence-corrected chi connectivity index (χ0v) is 11.6. The largest absolute Gasteiger partial charge is 0.508 e. The Hall–Kier alpha value is -0.970. The number of hydrogen-bond acceptors (Lipinski definition) is 3. The van der Waals surface area contributed by atoms with Crippen LogP contribution in [-0.4, -0.2) is 18.1 Å². The van der Waals surface area contributed by atoms with Gasteiger partial charge in [-0.15, -0.1) is 0 Å². The van der Waals surface area contributed by atoms with E-state index in [0.717, 1.165) is 0 Å². The van der Waals surface area contributed by atoms with E-state index in [1.807, 2.05) is 0 Å². The summed E-state index contributed by atoms with van der Waals surface area (Å²) < 4.78 is 0. The number of nitrogens with one attached hydrogen (secondary N) is 1. The third-order valence-electron chi connectivity index (χ3n) is 2.67. The van der Waals surface area contributed by atoms with Gasteiger partial charge in [0.2, 0.25) is 5.91 Å². The van der Waals surface area contributed by atoms with Crippen molar-refractivity contribution in [3.63, 3.8) is 0 Å². The maximum atomic E-state index is 11.1. The number of rotatable bonds is 5. The fraction of sp³-hybridized carbons (Fsp3) is 0.417. The zero-order valence-electron chi connectivity index (χ0n) is 10.0. The molecule has 1 aromatic carbocycles. The van der Waals surface area contributed by atoms with Gasteiger partial charge in [0.25, 0.3) is 0 Å². The second-order valence-electron chi connectivity index (χ2n) is 4.00. The van der Waals surface area contributed by atoms with Crippen LogP contribution in [0.2, 0.25) is 10.0 Å². The number of benzene rings is 1. The van der Waals surface area contributed by atoms with E-state index in [1.165, 1.54) is 6.07 Å². The Bertz CT molecular complexity index is 438. The smallest absolute Gasteiger partial charge is 0.219 e. The molecule has 100 valence electrons.